The second-order valence-electron chi connectivity index (χ2n) is 17.2. The number of carbonyl (C=O) groups is 3. The van der Waals surface area contributed by atoms with E-state index in [2.05, 4.69) is 58.0 Å². The molecule has 15 heteroatoms. The van der Waals surface area contributed by atoms with Crippen molar-refractivity contribution in [2.45, 2.75) is 217 Å². The Labute approximate surface area is 415 Å². The minimum atomic E-state index is -1.70. The second kappa shape index (κ2) is 38.8. The maximum Gasteiger partial charge on any atom is 1.00 e. The number of nitrogens with one attached hydrogen (secondary N) is 1. The number of carbonyl (C=O) groups excluding carboxylic acids is 3. The number of unbranched alkanes of at least 4 members (excludes halogenated alkanes) is 18. The largest absolute Gasteiger partial charge is 1.00 e. The van der Waals surface area contributed by atoms with Crippen LogP contribution in [0.1, 0.15) is 179 Å². The van der Waals surface area contributed by atoms with Gasteiger partial charge in [-0.05, 0) is 62.5 Å². The minimum Gasteiger partial charge on any atom is -0.691 e. The Hall–Kier alpha value is -2.08. The van der Waals surface area contributed by atoms with E-state index in [4.69, 9.17) is 18.4 Å². The van der Waals surface area contributed by atoms with E-state index < -0.39 is 55.2 Å². The number of aliphatic hydroxyl groups excluding tert-OH is 2. The van der Waals surface area contributed by atoms with Gasteiger partial charge < -0.3 is 35.0 Å². The first-order valence-corrected chi connectivity index (χ1v) is 25.0. The molecule has 2 aromatic rings. The molecule has 0 aromatic heterocycles. The summed E-state index contributed by atoms with van der Waals surface area (Å²) in [6.07, 6.45) is 18.2. The zero-order chi connectivity index (χ0) is 45.9. The molecular formula is C50H78NNaO12S. The normalized spacial score (nSPS) is 18.7. The zero-order valence-corrected chi connectivity index (χ0v) is 42.2. The van der Waals surface area contributed by atoms with Crippen LogP contribution in [0.25, 0.3) is 0 Å². The molecule has 3 N–H and O–H groups in total. The smallest absolute Gasteiger partial charge is 0.691 e. The minimum absolute atomic E-state index is 0. The van der Waals surface area contributed by atoms with Gasteiger partial charge in [0.2, 0.25) is 5.91 Å². The third kappa shape index (κ3) is 27.5. The van der Waals surface area contributed by atoms with Crippen molar-refractivity contribution in [1.82, 2.24) is 5.32 Å². The van der Waals surface area contributed by atoms with Crippen LogP contribution >= 0.6 is 12.3 Å². The van der Waals surface area contributed by atoms with Crippen LogP contribution in [0.5, 0.6) is 0 Å². The Bertz CT molecular complexity index is 1480. The van der Waals surface area contributed by atoms with Crippen molar-refractivity contribution in [1.29, 1.82) is 0 Å². The Morgan fingerprint density at radius 1 is 0.692 bits per heavy atom. The average Bonchev–Trinajstić information content (AvgIpc) is 3.30. The predicted molar refractivity (Wildman–Crippen MR) is 246 cm³/mol. The number of aliphatic hydroxyl groups is 2. The third-order valence-electron chi connectivity index (χ3n) is 11.9. The van der Waals surface area contributed by atoms with Gasteiger partial charge in [0.25, 0.3) is 0 Å². The number of amides is 1. The molecule has 362 valence electrons. The van der Waals surface area contributed by atoms with E-state index in [0.29, 0.717) is 19.3 Å². The number of esters is 2. The standard InChI is InChI=1S/C50H79NO12S.Na/c1-2-3-4-5-6-7-8-15-26-35-42(58-45(54)36-27-16-11-9-13-20-29-40-31-22-18-23-32-40)38-44(53)51-47-49(48(61-64-63-62-57)43(39-52)59-50(47)56)60-46(55)37-28-17-12-10-14-21-30-41-33-24-19-25-34-41;/h18-19,22-25,31-34,42-43,47-50,52,56-57H,2-17,20-21,26-30,35-39H2,1H3,(H,51,53);/q;+1/p-1/t42?,43-,47-,48-,49-,50?;/m1./s1. The molecule has 1 amide bonds. The molecule has 0 aliphatic carbocycles. The molecule has 3 rings (SSSR count). The first-order chi connectivity index (χ1) is 31.3. The monoisotopic (exact) mass is 940 g/mol. The maximum absolute atomic E-state index is 13.7. The van der Waals surface area contributed by atoms with Gasteiger partial charge in [-0.1, -0.05) is 170 Å². The fraction of sp³-hybridized carbons (Fsp3) is 0.700. The number of ether oxygens (including phenoxy) is 3. The Balaban J connectivity index is 0.0000145. The van der Waals surface area contributed by atoms with Crippen LogP contribution in [-0.2, 0) is 55.0 Å². The Morgan fingerprint density at radius 2 is 1.18 bits per heavy atom. The summed E-state index contributed by atoms with van der Waals surface area (Å²) >= 11 is 0.141. The molecule has 1 aliphatic rings. The van der Waals surface area contributed by atoms with Gasteiger partial charge in [0.05, 0.1) is 13.0 Å². The second-order valence-corrected chi connectivity index (χ2v) is 17.7. The van der Waals surface area contributed by atoms with Gasteiger partial charge in [0.15, 0.2) is 24.7 Å². The molecule has 1 fully saturated rings. The molecule has 1 aliphatic heterocycles. The van der Waals surface area contributed by atoms with Crippen molar-refractivity contribution >= 4 is 30.2 Å². The molecule has 1 heterocycles. The number of hydrogen-bond acceptors (Lipinski definition) is 13. The van der Waals surface area contributed by atoms with E-state index in [-0.39, 0.29) is 67.1 Å². The van der Waals surface area contributed by atoms with E-state index in [1.165, 1.54) is 43.2 Å². The van der Waals surface area contributed by atoms with Crippen LogP contribution in [0, 0.1) is 0 Å². The van der Waals surface area contributed by atoms with E-state index in [0.717, 1.165) is 103 Å². The number of rotatable bonds is 38. The third-order valence-corrected chi connectivity index (χ3v) is 12.3. The van der Waals surface area contributed by atoms with Gasteiger partial charge in [-0.2, -0.15) is 0 Å². The summed E-state index contributed by atoms with van der Waals surface area (Å²) in [5, 5.41) is 37.9. The van der Waals surface area contributed by atoms with Crippen LogP contribution in [0.15, 0.2) is 60.7 Å². The molecule has 1 saturated heterocycles. The number of benzene rings is 2. The summed E-state index contributed by atoms with van der Waals surface area (Å²) in [5.41, 5.74) is 2.68. The van der Waals surface area contributed by atoms with Crippen LogP contribution in [0.3, 0.4) is 0 Å². The fourth-order valence-electron chi connectivity index (χ4n) is 8.24. The van der Waals surface area contributed by atoms with Crippen molar-refractivity contribution in [2.75, 3.05) is 6.61 Å². The van der Waals surface area contributed by atoms with E-state index >= 15 is 0 Å². The summed E-state index contributed by atoms with van der Waals surface area (Å²) in [4.78, 5) is 40.1. The summed E-state index contributed by atoms with van der Waals surface area (Å²) < 4.78 is 27.2. The predicted octanol–water partition coefficient (Wildman–Crippen LogP) is 6.44. The molecule has 13 nitrogen and oxygen atoms in total. The van der Waals surface area contributed by atoms with Crippen LogP contribution in [0.4, 0.5) is 0 Å². The van der Waals surface area contributed by atoms with Gasteiger partial charge in [-0.15, -0.1) is 4.33 Å². The van der Waals surface area contributed by atoms with Gasteiger partial charge in [0, 0.05) is 12.8 Å². The van der Waals surface area contributed by atoms with Crippen LogP contribution in [0.2, 0.25) is 0 Å². The molecule has 0 bridgehead atoms. The fourth-order valence-corrected chi connectivity index (χ4v) is 8.62. The summed E-state index contributed by atoms with van der Waals surface area (Å²) in [6, 6.07) is 19.5. The molecule has 6 atom stereocenters. The molecule has 0 saturated carbocycles. The summed E-state index contributed by atoms with van der Waals surface area (Å²) in [6.45, 7) is 1.56. The molecule has 65 heavy (non-hydrogen) atoms. The van der Waals surface area contributed by atoms with Gasteiger partial charge in [-0.25, -0.2) is 0 Å². The van der Waals surface area contributed by atoms with Gasteiger partial charge in [-0.3, -0.25) is 23.6 Å². The molecular weight excluding hydrogens is 862 g/mol. The zero-order valence-electron chi connectivity index (χ0n) is 39.4. The van der Waals surface area contributed by atoms with Crippen molar-refractivity contribution in [3.8, 4) is 0 Å². The Morgan fingerprint density at radius 3 is 1.71 bits per heavy atom. The van der Waals surface area contributed by atoms with Gasteiger partial charge >= 0.3 is 41.5 Å². The van der Waals surface area contributed by atoms with E-state index in [1.54, 1.807) is 0 Å². The SMILES string of the molecule is CCCCCCCCCCCC(CC(=O)N[C@H]1C(O)O[C@H](CO)[C@@H](OSOO[O-])[C@@H]1OC(=O)CCCCCCCCc1ccccc1)OC(=O)CCCCCCCCc1ccccc1.[Na+]. The van der Waals surface area contributed by atoms with Gasteiger partial charge in [0.1, 0.15) is 24.4 Å². The maximum atomic E-state index is 13.7. The Kier molecular flexibility index (Phi) is 35.3. The number of hydrogen-bond donors (Lipinski definition) is 3. The van der Waals surface area contributed by atoms with Crippen molar-refractivity contribution < 1.29 is 87.2 Å². The average molecular weight is 940 g/mol. The quantitative estimate of drug-likeness (QED) is 0.0167. The van der Waals surface area contributed by atoms with Crippen molar-refractivity contribution in [2.24, 2.45) is 0 Å². The van der Waals surface area contributed by atoms with Crippen molar-refractivity contribution in [3.63, 3.8) is 0 Å². The summed E-state index contributed by atoms with van der Waals surface area (Å²) in [7, 11) is 0. The van der Waals surface area contributed by atoms with Crippen LogP contribution in [-0.4, -0.2) is 71.4 Å². The summed E-state index contributed by atoms with van der Waals surface area (Å²) in [5.74, 6) is -1.50. The topological polar surface area (TPSA) is 182 Å². The molecule has 0 radical (unpaired) electrons. The van der Waals surface area contributed by atoms with E-state index in [9.17, 15) is 29.9 Å². The first kappa shape index (κ1) is 59.0. The number of aryl methyl sites for hydroxylation is 2. The van der Waals surface area contributed by atoms with Crippen LogP contribution < -0.4 is 40.1 Å². The van der Waals surface area contributed by atoms with E-state index in [1.807, 2.05) is 24.3 Å². The first-order valence-electron chi connectivity index (χ1n) is 24.3. The molecule has 2 unspecified atom stereocenters. The molecule has 0 spiro atoms. The molecule has 2 aromatic carbocycles. The van der Waals surface area contributed by atoms with Crippen molar-refractivity contribution in [3.05, 3.63) is 71.8 Å².